The number of Topliss-reactive ketones (excluding diaryl/α,β-unsaturated/α-hetero) is 1. The van der Waals surface area contributed by atoms with Gasteiger partial charge >= 0.3 is 17.9 Å². The van der Waals surface area contributed by atoms with Crippen molar-refractivity contribution >= 4 is 23.7 Å². The molecule has 0 unspecified atom stereocenters. The van der Waals surface area contributed by atoms with Crippen LogP contribution in [0, 0.1) is 5.92 Å². The fourth-order valence-electron chi connectivity index (χ4n) is 3.24. The quantitative estimate of drug-likeness (QED) is 0.111. The van der Waals surface area contributed by atoms with Gasteiger partial charge in [-0.1, -0.05) is 50.8 Å². The molecule has 0 atom stereocenters. The Balaban J connectivity index is 1.70. The Bertz CT molecular complexity index is 993. The van der Waals surface area contributed by atoms with E-state index in [2.05, 4.69) is 11.8 Å². The monoisotopic (exact) mass is 452 g/mol. The number of ketones is 1. The lowest BCUT2D eigenvalue weighted by molar-refractivity contribution is -0.187. The molecule has 174 valence electrons. The van der Waals surface area contributed by atoms with E-state index in [0.717, 1.165) is 44.9 Å². The van der Waals surface area contributed by atoms with Gasteiger partial charge < -0.3 is 4.74 Å². The van der Waals surface area contributed by atoms with Crippen molar-refractivity contribution in [2.24, 2.45) is 5.92 Å². The van der Waals surface area contributed by atoms with Crippen LogP contribution in [-0.4, -0.2) is 23.7 Å². The summed E-state index contributed by atoms with van der Waals surface area (Å²) < 4.78 is 5.35. The van der Waals surface area contributed by atoms with Gasteiger partial charge in [0.05, 0.1) is 11.5 Å². The van der Waals surface area contributed by atoms with Gasteiger partial charge in [0.1, 0.15) is 11.3 Å². The Morgan fingerprint density at radius 2 is 1.52 bits per heavy atom. The van der Waals surface area contributed by atoms with Gasteiger partial charge in [-0.15, -0.1) is 0 Å². The van der Waals surface area contributed by atoms with Gasteiger partial charge in [-0.2, -0.15) is 0 Å². The molecule has 0 aromatic heterocycles. The van der Waals surface area contributed by atoms with Crippen LogP contribution in [0.3, 0.4) is 0 Å². The van der Waals surface area contributed by atoms with Crippen molar-refractivity contribution < 1.29 is 33.7 Å². The van der Waals surface area contributed by atoms with Crippen LogP contribution in [0.1, 0.15) is 89.4 Å². The molecule has 7 nitrogen and oxygen atoms in total. The number of hydrogen-bond donors (Lipinski definition) is 0. The van der Waals surface area contributed by atoms with Crippen LogP contribution in [0.5, 0.6) is 5.75 Å². The van der Waals surface area contributed by atoms with Crippen molar-refractivity contribution in [1.29, 1.82) is 0 Å². The lowest BCUT2D eigenvalue weighted by Crippen LogP contribution is -2.16. The van der Waals surface area contributed by atoms with Crippen LogP contribution < -0.4 is 4.74 Å². The molecule has 0 saturated heterocycles. The van der Waals surface area contributed by atoms with Crippen molar-refractivity contribution in [2.75, 3.05) is 0 Å². The van der Waals surface area contributed by atoms with Crippen LogP contribution in [0.4, 0.5) is 0 Å². The van der Waals surface area contributed by atoms with Gasteiger partial charge in [-0.25, -0.2) is 19.4 Å². The zero-order chi connectivity index (χ0) is 23.6. The first-order valence-electron chi connectivity index (χ1n) is 11.4. The number of carbonyl (C=O) groups is 4. The van der Waals surface area contributed by atoms with Crippen LogP contribution in [0.2, 0.25) is 0 Å². The van der Waals surface area contributed by atoms with Gasteiger partial charge in [0.2, 0.25) is 0 Å². The molecule has 0 bridgehead atoms. The third kappa shape index (κ3) is 7.27. The molecule has 1 aliphatic rings. The molecule has 0 spiro atoms. The lowest BCUT2D eigenvalue weighted by atomic mass is 10.0. The number of unbranched alkanes of at least 4 members (excludes halogenated alkanes) is 4. The molecule has 0 N–H and O–H groups in total. The smallest absolute Gasteiger partial charge is 0.390 e. The minimum absolute atomic E-state index is 0.0350. The number of esters is 1. The van der Waals surface area contributed by atoms with Crippen LogP contribution >= 0.6 is 0 Å². The Labute approximate surface area is 193 Å². The second kappa shape index (κ2) is 11.9. The molecule has 2 aromatic rings. The maximum Gasteiger partial charge on any atom is 0.390 e. The molecule has 0 amide bonds. The second-order valence-electron chi connectivity index (χ2n) is 8.10. The summed E-state index contributed by atoms with van der Waals surface area (Å²) in [6.45, 7) is 2.13. The zero-order valence-electron chi connectivity index (χ0n) is 18.7. The lowest BCUT2D eigenvalue weighted by Gasteiger charge is -2.11. The Morgan fingerprint density at radius 1 is 0.818 bits per heavy atom. The third-order valence-corrected chi connectivity index (χ3v) is 5.35. The van der Waals surface area contributed by atoms with Crippen molar-refractivity contribution in [3.63, 3.8) is 0 Å². The summed E-state index contributed by atoms with van der Waals surface area (Å²) in [4.78, 5) is 58.8. The molecule has 2 aromatic carbocycles. The molecule has 0 aliphatic heterocycles. The van der Waals surface area contributed by atoms with Gasteiger partial charge in [0, 0.05) is 12.0 Å². The maximum absolute atomic E-state index is 12.7. The highest BCUT2D eigenvalue weighted by atomic mass is 17.2. The Hall–Kier alpha value is -3.48. The van der Waals surface area contributed by atoms with Crippen molar-refractivity contribution in [3.05, 3.63) is 65.2 Å². The summed E-state index contributed by atoms with van der Waals surface area (Å²) in [6, 6.07) is 12.3. The molecule has 7 heteroatoms. The molecule has 1 fully saturated rings. The number of carbonyl (C=O) groups excluding carboxylic acids is 4. The summed E-state index contributed by atoms with van der Waals surface area (Å²) in [5.74, 6) is -2.67. The Kier molecular flexibility index (Phi) is 8.75. The largest absolute Gasteiger partial charge is 0.425 e. The van der Waals surface area contributed by atoms with E-state index >= 15 is 0 Å². The first-order chi connectivity index (χ1) is 16.0. The highest BCUT2D eigenvalue weighted by Gasteiger charge is 2.33. The molecule has 0 heterocycles. The SMILES string of the molecule is CCCCCCCC(=O)c1ccc(OC(=O)C2CC2)c(C(=O)OOC(=O)c2ccccc2)c1. The fourth-order valence-corrected chi connectivity index (χ4v) is 3.24. The third-order valence-electron chi connectivity index (χ3n) is 5.35. The normalized spacial score (nSPS) is 12.6. The van der Waals surface area contributed by atoms with E-state index in [1.54, 1.807) is 18.2 Å². The minimum atomic E-state index is -1.03. The average Bonchev–Trinajstić information content (AvgIpc) is 3.68. The van der Waals surface area contributed by atoms with Crippen molar-refractivity contribution in [3.8, 4) is 5.75 Å². The molecule has 33 heavy (non-hydrogen) atoms. The molecule has 0 radical (unpaired) electrons. The summed E-state index contributed by atoms with van der Waals surface area (Å²) in [7, 11) is 0. The zero-order valence-corrected chi connectivity index (χ0v) is 18.7. The molecular formula is C26H28O7. The van der Waals surface area contributed by atoms with Crippen LogP contribution in [0.15, 0.2) is 48.5 Å². The predicted octanol–water partition coefficient (Wildman–Crippen LogP) is 5.47. The molecule has 1 aliphatic carbocycles. The van der Waals surface area contributed by atoms with E-state index in [0.29, 0.717) is 12.0 Å². The Morgan fingerprint density at radius 3 is 2.21 bits per heavy atom. The standard InChI is InChI=1S/C26H28O7/c1-2-3-4-5-9-12-22(27)20-15-16-23(31-24(28)19-13-14-19)21(17-20)26(30)33-32-25(29)18-10-7-6-8-11-18/h6-8,10-11,15-17,19H,2-5,9,12-14H2,1H3. The molecule has 3 rings (SSSR count). The first kappa shape index (κ1) is 24.2. The second-order valence-corrected chi connectivity index (χ2v) is 8.10. The average molecular weight is 453 g/mol. The van der Waals surface area contributed by atoms with Crippen molar-refractivity contribution in [1.82, 2.24) is 0 Å². The van der Waals surface area contributed by atoms with Gasteiger partial charge in [-0.05, 0) is 49.6 Å². The number of ether oxygens (including phenoxy) is 1. The van der Waals surface area contributed by atoms with Gasteiger partial charge in [0.25, 0.3) is 0 Å². The fraction of sp³-hybridized carbons (Fsp3) is 0.385. The van der Waals surface area contributed by atoms with Gasteiger partial charge in [0.15, 0.2) is 5.78 Å². The van der Waals surface area contributed by atoms with E-state index in [-0.39, 0.29) is 28.6 Å². The highest BCUT2D eigenvalue weighted by Crippen LogP contribution is 2.32. The predicted molar refractivity (Wildman–Crippen MR) is 120 cm³/mol. The van der Waals surface area contributed by atoms with E-state index < -0.39 is 17.9 Å². The summed E-state index contributed by atoms with van der Waals surface area (Å²) in [5.41, 5.74) is 0.359. The van der Waals surface area contributed by atoms with E-state index in [4.69, 9.17) is 9.62 Å². The van der Waals surface area contributed by atoms with E-state index in [9.17, 15) is 19.2 Å². The van der Waals surface area contributed by atoms with E-state index in [1.807, 2.05) is 0 Å². The molecular weight excluding hydrogens is 424 g/mol. The van der Waals surface area contributed by atoms with E-state index in [1.165, 1.54) is 30.3 Å². The summed E-state index contributed by atoms with van der Waals surface area (Å²) >= 11 is 0. The molecule has 1 saturated carbocycles. The topological polar surface area (TPSA) is 96.0 Å². The van der Waals surface area contributed by atoms with Crippen molar-refractivity contribution in [2.45, 2.75) is 58.3 Å². The number of benzene rings is 2. The first-order valence-corrected chi connectivity index (χ1v) is 11.4. The number of hydrogen-bond acceptors (Lipinski definition) is 7. The highest BCUT2D eigenvalue weighted by molar-refractivity contribution is 6.01. The van der Waals surface area contributed by atoms with Gasteiger partial charge in [-0.3, -0.25) is 9.59 Å². The van der Waals surface area contributed by atoms with Crippen LogP contribution in [-0.2, 0) is 14.6 Å². The van der Waals surface area contributed by atoms with Crippen LogP contribution in [0.25, 0.3) is 0 Å². The minimum Gasteiger partial charge on any atom is -0.425 e. The number of rotatable bonds is 11. The summed E-state index contributed by atoms with van der Waals surface area (Å²) in [6.07, 6.45) is 6.87. The maximum atomic E-state index is 12.7. The summed E-state index contributed by atoms with van der Waals surface area (Å²) in [5, 5.41) is 0.